The van der Waals surface area contributed by atoms with E-state index < -0.39 is 11.6 Å². The Labute approximate surface area is 346 Å². The highest BCUT2D eigenvalue weighted by Gasteiger charge is 2.48. The van der Waals surface area contributed by atoms with Gasteiger partial charge in [-0.25, -0.2) is 4.79 Å². The number of carbonyl (C=O) groups is 1. The van der Waals surface area contributed by atoms with Gasteiger partial charge in [-0.1, -0.05) is 82.8 Å². The molecule has 12 heteroatoms. The molecule has 0 spiro atoms. The number of nitrogen functional groups attached to an aromatic ring is 2. The SMILES string of the molecule is COc1ccc(C(=CC2(C=C(c3ccc(OC)c(OC)c3)c3ccc(C)c(C)c3N)OC(=O)c3c(Cl)c(Cl)c(Cl)c(Cl)c32)c2ccc(C)c(C)c2N)cc1OC. The number of nitrogens with two attached hydrogens (primary N) is 2. The van der Waals surface area contributed by atoms with Gasteiger partial charge in [0.1, 0.15) is 0 Å². The van der Waals surface area contributed by atoms with Crippen LogP contribution in [0, 0.1) is 27.7 Å². The van der Waals surface area contributed by atoms with Crippen molar-refractivity contribution in [2.75, 3.05) is 39.9 Å². The summed E-state index contributed by atoms with van der Waals surface area (Å²) in [6, 6.07) is 18.7. The van der Waals surface area contributed by atoms with Crippen LogP contribution in [0.4, 0.5) is 11.4 Å². The van der Waals surface area contributed by atoms with Crippen LogP contribution in [0.1, 0.15) is 60.4 Å². The van der Waals surface area contributed by atoms with Gasteiger partial charge in [-0.15, -0.1) is 0 Å². The van der Waals surface area contributed by atoms with Crippen molar-refractivity contribution >= 4 is 74.9 Å². The van der Waals surface area contributed by atoms with Gasteiger partial charge in [-0.05, 0) is 109 Å². The van der Waals surface area contributed by atoms with Crippen molar-refractivity contribution in [3.8, 4) is 23.0 Å². The summed E-state index contributed by atoms with van der Waals surface area (Å²) in [6.07, 6.45) is 3.56. The van der Waals surface area contributed by atoms with Gasteiger partial charge in [-0.2, -0.15) is 0 Å². The summed E-state index contributed by atoms with van der Waals surface area (Å²) in [5.41, 5.74) is 20.6. The molecule has 0 saturated carbocycles. The monoisotopic (exact) mass is 832 g/mol. The first-order valence-corrected chi connectivity index (χ1v) is 18.9. The predicted octanol–water partition coefficient (Wildman–Crippen LogP) is 11.4. The van der Waals surface area contributed by atoms with E-state index in [1.165, 1.54) is 0 Å². The van der Waals surface area contributed by atoms with Crippen LogP contribution in [0.2, 0.25) is 20.1 Å². The number of aryl methyl sites for hydroxylation is 2. The Kier molecular flexibility index (Phi) is 11.5. The molecule has 0 aliphatic carbocycles. The van der Waals surface area contributed by atoms with Crippen molar-refractivity contribution in [1.29, 1.82) is 0 Å². The van der Waals surface area contributed by atoms with Crippen LogP contribution < -0.4 is 30.4 Å². The van der Waals surface area contributed by atoms with Gasteiger partial charge < -0.3 is 35.2 Å². The first-order chi connectivity index (χ1) is 26.6. The second kappa shape index (κ2) is 15.9. The van der Waals surface area contributed by atoms with Gasteiger partial charge >= 0.3 is 5.97 Å². The molecule has 290 valence electrons. The van der Waals surface area contributed by atoms with Gasteiger partial charge in [0.25, 0.3) is 0 Å². The number of ether oxygens (including phenoxy) is 5. The molecule has 0 fully saturated rings. The van der Waals surface area contributed by atoms with Crippen LogP contribution in [0.5, 0.6) is 23.0 Å². The third-order valence-corrected chi connectivity index (χ3v) is 12.2. The second-order valence-corrected chi connectivity index (χ2v) is 14.9. The maximum Gasteiger partial charge on any atom is 0.341 e. The minimum Gasteiger partial charge on any atom is -0.493 e. The largest absolute Gasteiger partial charge is 0.493 e. The van der Waals surface area contributed by atoms with E-state index in [1.807, 2.05) is 76.2 Å². The highest BCUT2D eigenvalue weighted by atomic mass is 35.5. The number of esters is 1. The first-order valence-electron chi connectivity index (χ1n) is 17.3. The number of rotatable bonds is 10. The molecule has 0 aromatic heterocycles. The number of cyclic esters (lactones) is 1. The molecule has 6 rings (SSSR count). The summed E-state index contributed by atoms with van der Waals surface area (Å²) in [6.45, 7) is 7.84. The van der Waals surface area contributed by atoms with Crippen molar-refractivity contribution in [2.45, 2.75) is 33.3 Å². The topological polar surface area (TPSA) is 115 Å². The van der Waals surface area contributed by atoms with E-state index in [1.54, 1.807) is 52.7 Å². The van der Waals surface area contributed by atoms with Gasteiger partial charge in [-0.3, -0.25) is 0 Å². The van der Waals surface area contributed by atoms with Crippen LogP contribution in [0.25, 0.3) is 11.1 Å². The Morgan fingerprint density at radius 3 is 1.41 bits per heavy atom. The number of anilines is 2. The molecule has 8 nitrogen and oxygen atoms in total. The summed E-state index contributed by atoms with van der Waals surface area (Å²) in [5.74, 6) is 1.15. The molecule has 1 heterocycles. The van der Waals surface area contributed by atoms with E-state index in [0.717, 1.165) is 22.3 Å². The molecular formula is C44H40Cl4N2O6. The number of carbonyl (C=O) groups excluding carboxylic acids is 1. The smallest absolute Gasteiger partial charge is 0.341 e. The van der Waals surface area contributed by atoms with Crippen LogP contribution in [0.15, 0.2) is 72.8 Å². The van der Waals surface area contributed by atoms with E-state index in [0.29, 0.717) is 67.8 Å². The van der Waals surface area contributed by atoms with E-state index in [2.05, 4.69) is 0 Å². The molecule has 0 unspecified atom stereocenters. The fourth-order valence-corrected chi connectivity index (χ4v) is 7.98. The minimum absolute atomic E-state index is 0.0335. The number of hydrogen-bond acceptors (Lipinski definition) is 8. The van der Waals surface area contributed by atoms with Gasteiger partial charge in [0, 0.05) is 28.1 Å². The van der Waals surface area contributed by atoms with E-state index in [-0.39, 0.29) is 31.2 Å². The zero-order valence-corrected chi connectivity index (χ0v) is 35.1. The van der Waals surface area contributed by atoms with Crippen molar-refractivity contribution in [2.24, 2.45) is 0 Å². The van der Waals surface area contributed by atoms with Crippen LogP contribution in [0.3, 0.4) is 0 Å². The Morgan fingerprint density at radius 2 is 1.00 bits per heavy atom. The number of fused-ring (bicyclic) bond motifs is 1. The van der Waals surface area contributed by atoms with Crippen LogP contribution >= 0.6 is 46.4 Å². The maximum atomic E-state index is 14.3. The van der Waals surface area contributed by atoms with Gasteiger partial charge in [0.2, 0.25) is 0 Å². The molecule has 1 aliphatic heterocycles. The molecule has 0 radical (unpaired) electrons. The summed E-state index contributed by atoms with van der Waals surface area (Å²) in [4.78, 5) is 14.3. The van der Waals surface area contributed by atoms with Crippen molar-refractivity contribution in [1.82, 2.24) is 0 Å². The standard InChI is InChI=1S/C44H40Cl4N2O6/c1-21-9-13-27(41(49)23(21)3)29(25-11-15-31(52-5)33(17-25)54-7)19-44(36-35(43(51)56-44)37(45)39(47)40(48)38(36)46)20-30(28-14-10-22(2)24(4)42(28)50)26-12-16-32(53-6)34(18-26)55-8/h9-20H,49-50H2,1-8H3. The van der Waals surface area contributed by atoms with E-state index in [9.17, 15) is 4.79 Å². The first kappa shape index (κ1) is 40.7. The molecule has 5 aromatic carbocycles. The minimum atomic E-state index is -1.83. The van der Waals surface area contributed by atoms with Gasteiger partial charge in [0.05, 0.1) is 54.1 Å². The summed E-state index contributed by atoms with van der Waals surface area (Å²) >= 11 is 27.4. The molecule has 5 aromatic rings. The van der Waals surface area contributed by atoms with Crippen molar-refractivity contribution in [3.05, 3.63) is 149 Å². The van der Waals surface area contributed by atoms with E-state index in [4.69, 9.17) is 81.6 Å². The number of methoxy groups -OCH3 is 4. The zero-order chi connectivity index (χ0) is 40.8. The summed E-state index contributed by atoms with van der Waals surface area (Å²) in [5, 5.41) is -0.288. The van der Waals surface area contributed by atoms with Crippen molar-refractivity contribution in [3.63, 3.8) is 0 Å². The molecule has 0 bridgehead atoms. The Hall–Kier alpha value is -4.99. The lowest BCUT2D eigenvalue weighted by molar-refractivity contribution is 0.0300. The maximum absolute atomic E-state index is 14.3. The number of benzene rings is 5. The highest BCUT2D eigenvalue weighted by Crippen LogP contribution is 2.54. The highest BCUT2D eigenvalue weighted by molar-refractivity contribution is 6.53. The Morgan fingerprint density at radius 1 is 0.589 bits per heavy atom. The summed E-state index contributed by atoms with van der Waals surface area (Å²) < 4.78 is 29.2. The van der Waals surface area contributed by atoms with Crippen molar-refractivity contribution < 1.29 is 28.5 Å². The average molecular weight is 835 g/mol. The molecule has 0 amide bonds. The normalized spacial score (nSPS) is 15.4. The van der Waals surface area contributed by atoms with Gasteiger partial charge in [0.15, 0.2) is 28.6 Å². The quantitative estimate of drug-likeness (QED) is 0.0619. The molecule has 56 heavy (non-hydrogen) atoms. The molecular weight excluding hydrogens is 794 g/mol. The lowest BCUT2D eigenvalue weighted by Crippen LogP contribution is -2.23. The zero-order valence-electron chi connectivity index (χ0n) is 32.0. The second-order valence-electron chi connectivity index (χ2n) is 13.4. The Bertz CT molecular complexity index is 2370. The fraction of sp³-hybridized carbons (Fsp3) is 0.205. The third kappa shape index (κ3) is 6.89. The van der Waals surface area contributed by atoms with E-state index >= 15 is 0 Å². The van der Waals surface area contributed by atoms with Crippen LogP contribution in [-0.2, 0) is 10.3 Å². The number of halogens is 4. The lowest BCUT2D eigenvalue weighted by atomic mass is 9.81. The molecule has 4 N–H and O–H groups in total. The predicted molar refractivity (Wildman–Crippen MR) is 227 cm³/mol. The molecule has 0 atom stereocenters. The molecule has 1 aliphatic rings. The average Bonchev–Trinajstić information content (AvgIpc) is 3.49. The Balaban J connectivity index is 1.85. The van der Waals surface area contributed by atoms with Crippen LogP contribution in [-0.4, -0.2) is 34.4 Å². The third-order valence-electron chi connectivity index (χ3n) is 10.4. The summed E-state index contributed by atoms with van der Waals surface area (Å²) in [7, 11) is 6.20. The number of hydrogen-bond donors (Lipinski definition) is 2. The lowest BCUT2D eigenvalue weighted by Gasteiger charge is -2.28. The molecule has 0 saturated heterocycles. The fourth-order valence-electron chi connectivity index (χ4n) is 6.90.